The smallest absolute Gasteiger partial charge is 0.0651 e. The van der Waals surface area contributed by atoms with Gasteiger partial charge in [0.2, 0.25) is 0 Å². The second-order valence-electron chi connectivity index (χ2n) is 4.45. The molecule has 0 saturated carbocycles. The Balaban J connectivity index is 1.98. The maximum Gasteiger partial charge on any atom is 0.0651 e. The molecule has 1 heterocycles. The van der Waals surface area contributed by atoms with Crippen LogP contribution in [-0.4, -0.2) is 16.7 Å². The number of anilines is 1. The van der Waals surface area contributed by atoms with Crippen molar-refractivity contribution in [1.29, 1.82) is 0 Å². The van der Waals surface area contributed by atoms with Gasteiger partial charge in [0.05, 0.1) is 11.7 Å². The molecule has 0 amide bonds. The van der Waals surface area contributed by atoms with E-state index in [2.05, 4.69) is 47.6 Å². The third kappa shape index (κ3) is 2.54. The van der Waals surface area contributed by atoms with Gasteiger partial charge in [0.1, 0.15) is 0 Å². The van der Waals surface area contributed by atoms with Crippen molar-refractivity contribution in [2.24, 2.45) is 5.92 Å². The van der Waals surface area contributed by atoms with Crippen molar-refractivity contribution < 1.29 is 0 Å². The average Bonchev–Trinajstić information content (AvgIpc) is 2.74. The topological polar surface area (TPSA) is 40.7 Å². The number of aromatic amines is 1. The number of nitrogens with one attached hydrogen (secondary N) is 2. The molecule has 0 aliphatic rings. The minimum atomic E-state index is 0.727. The van der Waals surface area contributed by atoms with Gasteiger partial charge in [-0.3, -0.25) is 5.10 Å². The van der Waals surface area contributed by atoms with Crippen LogP contribution < -0.4 is 5.32 Å². The van der Waals surface area contributed by atoms with E-state index in [0.717, 1.165) is 23.4 Å². The standard InChI is InChI=1S/C13H19N3/c1-3-4-10(2)8-14-12-5-6-13-11(7-12)9-15-16-13/h5-7,9-10,14H,3-4,8H2,1-2H3,(H,15,16). The maximum atomic E-state index is 4.01. The Bertz CT molecular complexity index is 447. The summed E-state index contributed by atoms with van der Waals surface area (Å²) in [4.78, 5) is 0. The van der Waals surface area contributed by atoms with Gasteiger partial charge in [0, 0.05) is 17.6 Å². The first kappa shape index (κ1) is 11.0. The predicted molar refractivity (Wildman–Crippen MR) is 68.7 cm³/mol. The molecule has 0 bridgehead atoms. The zero-order valence-corrected chi connectivity index (χ0v) is 9.96. The molecular formula is C13H19N3. The minimum Gasteiger partial charge on any atom is -0.385 e. The summed E-state index contributed by atoms with van der Waals surface area (Å²) in [5.74, 6) is 0.727. The number of nitrogens with zero attached hydrogens (tertiary/aromatic N) is 1. The number of hydrogen-bond donors (Lipinski definition) is 2. The predicted octanol–water partition coefficient (Wildman–Crippen LogP) is 3.41. The normalized spacial score (nSPS) is 12.9. The summed E-state index contributed by atoms with van der Waals surface area (Å²) in [6, 6.07) is 6.30. The van der Waals surface area contributed by atoms with Crippen LogP contribution >= 0.6 is 0 Å². The number of aromatic nitrogens is 2. The summed E-state index contributed by atoms with van der Waals surface area (Å²) in [6.45, 7) is 5.55. The Morgan fingerprint density at radius 3 is 3.12 bits per heavy atom. The first-order valence-corrected chi connectivity index (χ1v) is 5.96. The molecule has 1 unspecified atom stereocenters. The van der Waals surface area contributed by atoms with Gasteiger partial charge in [-0.25, -0.2) is 0 Å². The van der Waals surface area contributed by atoms with Gasteiger partial charge < -0.3 is 5.32 Å². The van der Waals surface area contributed by atoms with E-state index in [1.54, 1.807) is 0 Å². The van der Waals surface area contributed by atoms with Crippen LogP contribution in [0.5, 0.6) is 0 Å². The van der Waals surface area contributed by atoms with E-state index in [1.165, 1.54) is 18.5 Å². The van der Waals surface area contributed by atoms with Crippen LogP contribution in [0.3, 0.4) is 0 Å². The molecule has 3 heteroatoms. The molecule has 0 radical (unpaired) electrons. The molecule has 3 nitrogen and oxygen atoms in total. The molecule has 0 fully saturated rings. The first-order chi connectivity index (χ1) is 7.79. The highest BCUT2D eigenvalue weighted by Crippen LogP contribution is 2.17. The van der Waals surface area contributed by atoms with Gasteiger partial charge in [-0.2, -0.15) is 5.10 Å². The molecule has 2 rings (SSSR count). The largest absolute Gasteiger partial charge is 0.385 e. The van der Waals surface area contributed by atoms with Gasteiger partial charge >= 0.3 is 0 Å². The van der Waals surface area contributed by atoms with Gasteiger partial charge in [-0.05, 0) is 30.5 Å². The summed E-state index contributed by atoms with van der Waals surface area (Å²) >= 11 is 0. The highest BCUT2D eigenvalue weighted by molar-refractivity contribution is 5.81. The highest BCUT2D eigenvalue weighted by atomic mass is 15.1. The van der Waals surface area contributed by atoms with Crippen LogP contribution in [0.2, 0.25) is 0 Å². The molecular weight excluding hydrogens is 198 g/mol. The molecule has 16 heavy (non-hydrogen) atoms. The summed E-state index contributed by atoms with van der Waals surface area (Å²) < 4.78 is 0. The molecule has 2 aromatic rings. The molecule has 1 atom stereocenters. The Hall–Kier alpha value is -1.51. The van der Waals surface area contributed by atoms with Crippen LogP contribution in [0.4, 0.5) is 5.69 Å². The van der Waals surface area contributed by atoms with Crippen LogP contribution in [0.1, 0.15) is 26.7 Å². The lowest BCUT2D eigenvalue weighted by atomic mass is 10.1. The number of hydrogen-bond acceptors (Lipinski definition) is 2. The quantitative estimate of drug-likeness (QED) is 0.805. The first-order valence-electron chi connectivity index (χ1n) is 5.96. The van der Waals surface area contributed by atoms with Crippen LogP contribution in [0.15, 0.2) is 24.4 Å². The number of benzene rings is 1. The van der Waals surface area contributed by atoms with E-state index < -0.39 is 0 Å². The fourth-order valence-electron chi connectivity index (χ4n) is 1.94. The second-order valence-corrected chi connectivity index (χ2v) is 4.45. The van der Waals surface area contributed by atoms with E-state index in [0.29, 0.717) is 0 Å². The van der Waals surface area contributed by atoms with Gasteiger partial charge in [0.25, 0.3) is 0 Å². The van der Waals surface area contributed by atoms with Crippen LogP contribution in [0, 0.1) is 5.92 Å². The van der Waals surface area contributed by atoms with E-state index in [4.69, 9.17) is 0 Å². The van der Waals surface area contributed by atoms with Crippen molar-refractivity contribution in [3.63, 3.8) is 0 Å². The Morgan fingerprint density at radius 2 is 2.31 bits per heavy atom. The highest BCUT2D eigenvalue weighted by Gasteiger charge is 2.01. The molecule has 0 saturated heterocycles. The summed E-state index contributed by atoms with van der Waals surface area (Å²) in [5, 5.41) is 11.6. The third-order valence-corrected chi connectivity index (χ3v) is 2.88. The molecule has 1 aromatic carbocycles. The molecule has 0 spiro atoms. The van der Waals surface area contributed by atoms with Crippen molar-refractivity contribution in [2.45, 2.75) is 26.7 Å². The maximum absolute atomic E-state index is 4.01. The van der Waals surface area contributed by atoms with E-state index in [-0.39, 0.29) is 0 Å². The van der Waals surface area contributed by atoms with E-state index in [9.17, 15) is 0 Å². The van der Waals surface area contributed by atoms with E-state index in [1.807, 2.05) is 6.20 Å². The summed E-state index contributed by atoms with van der Waals surface area (Å²) in [6.07, 6.45) is 4.39. The lowest BCUT2D eigenvalue weighted by molar-refractivity contribution is 0.551. The Labute approximate surface area is 96.2 Å². The van der Waals surface area contributed by atoms with Gasteiger partial charge in [-0.1, -0.05) is 20.3 Å². The fraction of sp³-hybridized carbons (Fsp3) is 0.462. The molecule has 86 valence electrons. The molecule has 1 aromatic heterocycles. The zero-order valence-electron chi connectivity index (χ0n) is 9.96. The molecule has 0 aliphatic heterocycles. The van der Waals surface area contributed by atoms with Crippen molar-refractivity contribution in [3.8, 4) is 0 Å². The summed E-state index contributed by atoms with van der Waals surface area (Å²) in [7, 11) is 0. The lowest BCUT2D eigenvalue weighted by Gasteiger charge is -2.12. The van der Waals surface area contributed by atoms with Crippen molar-refractivity contribution in [1.82, 2.24) is 10.2 Å². The van der Waals surface area contributed by atoms with Gasteiger partial charge in [-0.15, -0.1) is 0 Å². The fourth-order valence-corrected chi connectivity index (χ4v) is 1.94. The second kappa shape index (κ2) is 5.01. The molecule has 2 N–H and O–H groups in total. The van der Waals surface area contributed by atoms with Crippen molar-refractivity contribution >= 4 is 16.6 Å². The van der Waals surface area contributed by atoms with E-state index >= 15 is 0 Å². The minimum absolute atomic E-state index is 0.727. The lowest BCUT2D eigenvalue weighted by Crippen LogP contribution is -2.10. The number of fused-ring (bicyclic) bond motifs is 1. The molecule has 0 aliphatic carbocycles. The number of H-pyrrole nitrogens is 1. The SMILES string of the molecule is CCCC(C)CNc1ccc2[nH]ncc2c1. The summed E-state index contributed by atoms with van der Waals surface area (Å²) in [5.41, 5.74) is 2.27. The zero-order chi connectivity index (χ0) is 11.4. The Morgan fingerprint density at radius 1 is 1.44 bits per heavy atom. The Kier molecular flexibility index (Phi) is 3.44. The van der Waals surface area contributed by atoms with Crippen molar-refractivity contribution in [2.75, 3.05) is 11.9 Å². The van der Waals surface area contributed by atoms with Gasteiger partial charge in [0.15, 0.2) is 0 Å². The number of rotatable bonds is 5. The van der Waals surface area contributed by atoms with Crippen LogP contribution in [0.25, 0.3) is 10.9 Å². The monoisotopic (exact) mass is 217 g/mol. The third-order valence-electron chi connectivity index (χ3n) is 2.88. The average molecular weight is 217 g/mol. The van der Waals surface area contributed by atoms with Crippen molar-refractivity contribution in [3.05, 3.63) is 24.4 Å². The van der Waals surface area contributed by atoms with Crippen LogP contribution in [-0.2, 0) is 0 Å².